The molecule has 17 nitrogen and oxygen atoms in total. The van der Waals surface area contributed by atoms with Gasteiger partial charge in [0.1, 0.15) is 17.1 Å². The van der Waals surface area contributed by atoms with E-state index in [1.165, 1.54) is 43.3 Å². The number of hydrogen-bond donors (Lipinski definition) is 1. The van der Waals surface area contributed by atoms with Crippen LogP contribution in [0.5, 0.6) is 11.5 Å². The van der Waals surface area contributed by atoms with Gasteiger partial charge >= 0.3 is 24.4 Å². The molecule has 0 radical (unpaired) electrons. The number of esters is 1. The van der Waals surface area contributed by atoms with E-state index in [1.807, 2.05) is 22.6 Å². The van der Waals surface area contributed by atoms with Gasteiger partial charge in [-0.15, -0.1) is 0 Å². The fourth-order valence-corrected chi connectivity index (χ4v) is 2.84. The Morgan fingerprint density at radius 1 is 0.800 bits per heavy atom. The van der Waals surface area contributed by atoms with Gasteiger partial charge in [-0.1, -0.05) is 7.43 Å². The van der Waals surface area contributed by atoms with Gasteiger partial charge in [-0.3, -0.25) is 25.0 Å². The largest absolute Gasteiger partial charge is 0.516 e. The number of ether oxygens (including phenoxy) is 6. The van der Waals surface area contributed by atoms with Crippen LogP contribution in [0.3, 0.4) is 0 Å². The number of alkyl carbamates (subject to hydrolysis) is 1. The quantitative estimate of drug-likeness (QED) is 0.0403. The highest BCUT2D eigenvalue weighted by molar-refractivity contribution is 14.1. The summed E-state index contributed by atoms with van der Waals surface area (Å²) in [5.41, 5.74) is -0.886. The summed E-state index contributed by atoms with van der Waals surface area (Å²) >= 11 is 1.90. The summed E-state index contributed by atoms with van der Waals surface area (Å²) in [4.78, 5) is 65.5. The third-order valence-corrected chi connectivity index (χ3v) is 4.57. The lowest BCUT2D eigenvalue weighted by Gasteiger charge is -2.19. The second-order valence-corrected chi connectivity index (χ2v) is 11.0. The average Bonchev–Trinajstić information content (AvgIpc) is 2.88. The van der Waals surface area contributed by atoms with Gasteiger partial charge in [0.25, 0.3) is 11.4 Å². The molecule has 0 aliphatic heterocycles. The number of nitro groups is 2. The van der Waals surface area contributed by atoms with Gasteiger partial charge in [0.05, 0.1) is 16.3 Å². The number of amides is 1. The predicted molar refractivity (Wildman–Crippen MR) is 165 cm³/mol. The van der Waals surface area contributed by atoms with Crippen molar-refractivity contribution in [3.8, 4) is 11.5 Å². The van der Waals surface area contributed by atoms with Crippen LogP contribution in [0, 0.1) is 20.2 Å². The zero-order valence-corrected chi connectivity index (χ0v) is 26.3. The zero-order valence-electron chi connectivity index (χ0n) is 24.2. The molecule has 2 rings (SSSR count). The van der Waals surface area contributed by atoms with Crippen LogP contribution in [0.4, 0.5) is 25.8 Å². The van der Waals surface area contributed by atoms with Crippen molar-refractivity contribution in [3.63, 3.8) is 0 Å². The van der Waals surface area contributed by atoms with Gasteiger partial charge in [-0.25, -0.2) is 14.4 Å². The van der Waals surface area contributed by atoms with Crippen LogP contribution in [-0.2, 0) is 23.7 Å². The molecule has 2 aromatic rings. The number of carbonyl (C=O) groups is 4. The van der Waals surface area contributed by atoms with Crippen molar-refractivity contribution in [3.05, 3.63) is 68.8 Å². The van der Waals surface area contributed by atoms with Crippen LogP contribution >= 0.6 is 22.6 Å². The summed E-state index contributed by atoms with van der Waals surface area (Å²) in [6.07, 6.45) is -4.06. The van der Waals surface area contributed by atoms with Crippen LogP contribution in [0.25, 0.3) is 0 Å². The first-order chi connectivity index (χ1) is 20.4. The Balaban J connectivity index is 0.000000967. The van der Waals surface area contributed by atoms with Gasteiger partial charge < -0.3 is 33.7 Å². The Kier molecular flexibility index (Phi) is 17.5. The number of halogens is 1. The van der Waals surface area contributed by atoms with Crippen LogP contribution in [0.1, 0.15) is 48.5 Å². The molecule has 18 heteroatoms. The van der Waals surface area contributed by atoms with Crippen LogP contribution in [0.2, 0.25) is 0 Å². The summed E-state index contributed by atoms with van der Waals surface area (Å²) < 4.78 is 28.6. The second kappa shape index (κ2) is 19.5. The molecule has 0 saturated carbocycles. The molecular formula is C27H34IN3O14. The summed E-state index contributed by atoms with van der Waals surface area (Å²) in [6, 6.07) is 9.91. The van der Waals surface area contributed by atoms with E-state index < -0.39 is 46.1 Å². The predicted octanol–water partition coefficient (Wildman–Crippen LogP) is 6.44. The van der Waals surface area contributed by atoms with E-state index in [2.05, 4.69) is 5.32 Å². The summed E-state index contributed by atoms with van der Waals surface area (Å²) in [5.74, 6) is -0.491. The molecule has 0 aliphatic carbocycles. The van der Waals surface area contributed by atoms with Gasteiger partial charge in [-0.05, 0) is 74.6 Å². The SMILES string of the molecule is C.CC(I)OC(=O)Oc1ccc([N+](=O)[O-])cc1.CC(OC(=O)CCNC(=O)OC(C)(C)C)OC(=O)Oc1ccc([N+](=O)[O-])cc1. The molecule has 1 N–H and O–H groups in total. The van der Waals surface area contributed by atoms with Gasteiger partial charge in [-0.2, -0.15) is 0 Å². The Morgan fingerprint density at radius 3 is 1.60 bits per heavy atom. The number of carbonyl (C=O) groups excluding carboxylic acids is 4. The maximum absolute atomic E-state index is 11.7. The molecule has 248 valence electrons. The van der Waals surface area contributed by atoms with Crippen molar-refractivity contribution in [2.24, 2.45) is 0 Å². The van der Waals surface area contributed by atoms with E-state index in [9.17, 15) is 39.4 Å². The lowest BCUT2D eigenvalue weighted by atomic mass is 10.2. The van der Waals surface area contributed by atoms with Crippen LogP contribution in [-0.4, -0.2) is 56.8 Å². The summed E-state index contributed by atoms with van der Waals surface area (Å²) in [5, 5.41) is 23.3. The molecule has 0 spiro atoms. The maximum Gasteiger partial charge on any atom is 0.516 e. The first kappa shape index (κ1) is 40.2. The van der Waals surface area contributed by atoms with Crippen molar-refractivity contribution >= 4 is 58.3 Å². The fourth-order valence-electron chi connectivity index (χ4n) is 2.63. The minimum atomic E-state index is -1.24. The van der Waals surface area contributed by atoms with Crippen molar-refractivity contribution in [2.45, 2.75) is 64.5 Å². The van der Waals surface area contributed by atoms with Crippen molar-refractivity contribution in [2.75, 3.05) is 6.54 Å². The van der Waals surface area contributed by atoms with Gasteiger partial charge in [0, 0.05) is 37.7 Å². The minimum Gasteiger partial charge on any atom is -0.444 e. The zero-order chi connectivity index (χ0) is 33.4. The number of nitrogens with zero attached hydrogens (tertiary/aromatic N) is 2. The number of non-ortho nitro benzene ring substituents is 2. The number of rotatable bonds is 10. The maximum atomic E-state index is 11.7. The molecule has 0 heterocycles. The highest BCUT2D eigenvalue weighted by Gasteiger charge is 2.18. The molecule has 0 aromatic heterocycles. The third kappa shape index (κ3) is 18.5. The molecule has 2 atom stereocenters. The first-order valence-electron chi connectivity index (χ1n) is 12.5. The Morgan fingerprint density at radius 2 is 1.22 bits per heavy atom. The number of nitrogens with one attached hydrogen (secondary N) is 1. The first-order valence-corrected chi connectivity index (χ1v) is 13.8. The Bertz CT molecular complexity index is 1300. The number of benzene rings is 2. The summed E-state index contributed by atoms with van der Waals surface area (Å²) in [7, 11) is 0. The molecule has 0 fully saturated rings. The lowest BCUT2D eigenvalue weighted by molar-refractivity contribution is -0.385. The van der Waals surface area contributed by atoms with E-state index in [0.29, 0.717) is 0 Å². The normalized spacial score (nSPS) is 11.4. The lowest BCUT2D eigenvalue weighted by Crippen LogP contribution is -2.34. The molecule has 0 aliphatic rings. The van der Waals surface area contributed by atoms with Crippen molar-refractivity contribution in [1.29, 1.82) is 0 Å². The van der Waals surface area contributed by atoms with Gasteiger partial charge in [0.15, 0.2) is 4.11 Å². The molecular weight excluding hydrogens is 717 g/mol. The molecule has 2 unspecified atom stereocenters. The third-order valence-electron chi connectivity index (χ3n) is 4.31. The molecule has 1 amide bonds. The molecule has 0 bridgehead atoms. The highest BCUT2D eigenvalue weighted by atomic mass is 127. The second-order valence-electron chi connectivity index (χ2n) is 9.22. The molecule has 0 saturated heterocycles. The van der Waals surface area contributed by atoms with E-state index in [0.717, 1.165) is 12.1 Å². The van der Waals surface area contributed by atoms with Crippen LogP contribution < -0.4 is 14.8 Å². The molecule has 45 heavy (non-hydrogen) atoms. The average molecular weight is 751 g/mol. The van der Waals surface area contributed by atoms with Gasteiger partial charge in [0.2, 0.25) is 6.29 Å². The van der Waals surface area contributed by atoms with E-state index >= 15 is 0 Å². The monoisotopic (exact) mass is 751 g/mol. The standard InChI is InChI=1S/C17H22N2O9.C9H8INO5.CH4/c1-11(25-14(20)9-10-18-15(21)28-17(2,3)4)26-16(22)27-13-7-5-12(6-8-13)19(23)24;1-6(10)15-9(12)16-8-4-2-7(3-5-8)11(13)14;/h5-8,11H,9-10H2,1-4H3,(H,18,21);2-6H,1H3;1H4. The highest BCUT2D eigenvalue weighted by Crippen LogP contribution is 2.19. The van der Waals surface area contributed by atoms with Crippen LogP contribution in [0.15, 0.2) is 48.5 Å². The number of hydrogen-bond acceptors (Lipinski definition) is 14. The Hall–Kier alpha value is -4.75. The van der Waals surface area contributed by atoms with E-state index in [-0.39, 0.29) is 47.4 Å². The fraction of sp³-hybridized carbons (Fsp3) is 0.407. The smallest absolute Gasteiger partial charge is 0.444 e. The minimum absolute atomic E-state index is 0. The Labute approximate surface area is 271 Å². The topological polar surface area (TPSA) is 222 Å². The van der Waals surface area contributed by atoms with Crippen molar-refractivity contribution < 1.29 is 57.4 Å². The summed E-state index contributed by atoms with van der Waals surface area (Å²) in [6.45, 7) is 8.07. The van der Waals surface area contributed by atoms with E-state index in [1.54, 1.807) is 27.7 Å². The number of nitro benzene ring substituents is 2. The molecule has 2 aromatic carbocycles. The van der Waals surface area contributed by atoms with Crippen molar-refractivity contribution in [1.82, 2.24) is 5.32 Å². The number of alkyl halides is 1. The van der Waals surface area contributed by atoms with E-state index in [4.69, 9.17) is 28.4 Å².